The summed E-state index contributed by atoms with van der Waals surface area (Å²) in [6.07, 6.45) is 8.15. The predicted molar refractivity (Wildman–Crippen MR) is 79.1 cm³/mol. The summed E-state index contributed by atoms with van der Waals surface area (Å²) >= 11 is 0. The molecule has 2 N–H and O–H groups in total. The molecule has 0 aromatic heterocycles. The van der Waals surface area contributed by atoms with Gasteiger partial charge in [-0.3, -0.25) is 4.79 Å². The Hall–Kier alpha value is -0.930. The molecule has 3 nitrogen and oxygen atoms in total. The second kappa shape index (κ2) is 6.68. The molecule has 0 heterocycles. The quantitative estimate of drug-likeness (QED) is 0.446. The van der Waals surface area contributed by atoms with Crippen LogP contribution in [0.5, 0.6) is 0 Å². The van der Waals surface area contributed by atoms with E-state index in [1.807, 2.05) is 6.08 Å². The smallest absolute Gasteiger partial charge is 0.161 e. The maximum absolute atomic E-state index is 11.9. The van der Waals surface area contributed by atoms with E-state index in [-0.39, 0.29) is 23.5 Å². The van der Waals surface area contributed by atoms with E-state index in [1.54, 1.807) is 6.08 Å². The van der Waals surface area contributed by atoms with Gasteiger partial charge < -0.3 is 10.2 Å². The fourth-order valence-electron chi connectivity index (χ4n) is 3.60. The Morgan fingerprint density at radius 3 is 2.90 bits per heavy atom. The molecule has 0 bridgehead atoms. The van der Waals surface area contributed by atoms with Crippen LogP contribution in [0.4, 0.5) is 0 Å². The molecule has 0 aromatic rings. The summed E-state index contributed by atoms with van der Waals surface area (Å²) in [5.74, 6) is 0.256. The van der Waals surface area contributed by atoms with Gasteiger partial charge in [0, 0.05) is 11.8 Å². The first kappa shape index (κ1) is 15.5. The minimum atomic E-state index is -0.457. The SMILES string of the molecule is C=C1C[C@H]2[C@H](C=C[C@@H](O)CCCCC)[C@H](O)C[C@@H]2C1=O. The lowest BCUT2D eigenvalue weighted by Gasteiger charge is -2.17. The molecule has 2 fully saturated rings. The number of aliphatic hydroxyl groups excluding tert-OH is 2. The van der Waals surface area contributed by atoms with Crippen LogP contribution in [0.1, 0.15) is 45.4 Å². The lowest BCUT2D eigenvalue weighted by Crippen LogP contribution is -2.17. The highest BCUT2D eigenvalue weighted by molar-refractivity contribution is 5.99. The Labute approximate surface area is 121 Å². The third-order valence-corrected chi connectivity index (χ3v) is 4.78. The molecular weight excluding hydrogens is 252 g/mol. The molecule has 3 heteroatoms. The van der Waals surface area contributed by atoms with Gasteiger partial charge in [0.25, 0.3) is 0 Å². The van der Waals surface area contributed by atoms with Gasteiger partial charge in [-0.2, -0.15) is 0 Å². The van der Waals surface area contributed by atoms with Crippen molar-refractivity contribution < 1.29 is 15.0 Å². The average molecular weight is 278 g/mol. The largest absolute Gasteiger partial charge is 0.392 e. The van der Waals surface area contributed by atoms with Gasteiger partial charge in [-0.15, -0.1) is 0 Å². The number of ketones is 1. The van der Waals surface area contributed by atoms with Crippen molar-refractivity contribution in [2.45, 2.75) is 57.7 Å². The highest BCUT2D eigenvalue weighted by Gasteiger charge is 2.49. The molecule has 2 saturated carbocycles. The first-order valence-corrected chi connectivity index (χ1v) is 7.81. The zero-order chi connectivity index (χ0) is 14.7. The fraction of sp³-hybridized carbons (Fsp3) is 0.706. The predicted octanol–water partition coefficient (Wildman–Crippen LogP) is 2.63. The van der Waals surface area contributed by atoms with Gasteiger partial charge in [0.2, 0.25) is 0 Å². The van der Waals surface area contributed by atoms with Crippen LogP contribution >= 0.6 is 0 Å². The summed E-state index contributed by atoms with van der Waals surface area (Å²) in [4.78, 5) is 11.9. The summed E-state index contributed by atoms with van der Waals surface area (Å²) in [6.45, 7) is 5.96. The molecule has 0 aliphatic heterocycles. The lowest BCUT2D eigenvalue weighted by atomic mass is 9.90. The molecular formula is C17H26O3. The number of fused-ring (bicyclic) bond motifs is 1. The minimum absolute atomic E-state index is 0.0102. The van der Waals surface area contributed by atoms with E-state index in [2.05, 4.69) is 13.5 Å². The molecule has 20 heavy (non-hydrogen) atoms. The molecule has 0 radical (unpaired) electrons. The molecule has 0 saturated heterocycles. The van der Waals surface area contributed by atoms with Crippen molar-refractivity contribution in [1.29, 1.82) is 0 Å². The van der Waals surface area contributed by atoms with Crippen molar-refractivity contribution in [3.63, 3.8) is 0 Å². The van der Waals surface area contributed by atoms with Crippen molar-refractivity contribution >= 4 is 5.78 Å². The van der Waals surface area contributed by atoms with Gasteiger partial charge in [-0.05, 0) is 30.8 Å². The molecule has 0 spiro atoms. The maximum Gasteiger partial charge on any atom is 0.161 e. The Morgan fingerprint density at radius 1 is 1.45 bits per heavy atom. The van der Waals surface area contributed by atoms with Crippen LogP contribution in [0.2, 0.25) is 0 Å². The first-order valence-electron chi connectivity index (χ1n) is 7.81. The molecule has 0 aromatic carbocycles. The second-order valence-corrected chi connectivity index (χ2v) is 6.27. The summed E-state index contributed by atoms with van der Waals surface area (Å²) in [5, 5.41) is 20.0. The summed E-state index contributed by atoms with van der Waals surface area (Å²) < 4.78 is 0. The Balaban J connectivity index is 1.91. The molecule has 0 amide bonds. The third-order valence-electron chi connectivity index (χ3n) is 4.78. The van der Waals surface area contributed by atoms with Crippen molar-refractivity contribution in [2.24, 2.45) is 17.8 Å². The standard InChI is InChI=1S/C17H26O3/c1-3-4-5-6-12(18)7-8-13-14-9-11(2)17(20)15(14)10-16(13)19/h7-8,12-16,18-19H,2-6,9-10H2,1H3/t12-,13-,14-,15-,16+/m0/s1. The van der Waals surface area contributed by atoms with Gasteiger partial charge in [0.15, 0.2) is 5.78 Å². The number of Topliss-reactive ketones (excluding diaryl/α,β-unsaturated/α-hetero) is 1. The van der Waals surface area contributed by atoms with E-state index >= 15 is 0 Å². The molecule has 2 rings (SSSR count). The molecule has 0 unspecified atom stereocenters. The van der Waals surface area contributed by atoms with E-state index < -0.39 is 12.2 Å². The van der Waals surface area contributed by atoms with Crippen LogP contribution in [-0.4, -0.2) is 28.2 Å². The average Bonchev–Trinajstić information content (AvgIpc) is 2.85. The molecule has 5 atom stereocenters. The maximum atomic E-state index is 11.9. The highest BCUT2D eigenvalue weighted by atomic mass is 16.3. The number of carbonyl (C=O) groups is 1. The van der Waals surface area contributed by atoms with Gasteiger partial charge >= 0.3 is 0 Å². The number of unbranched alkanes of at least 4 members (excludes halogenated alkanes) is 2. The number of hydrogen-bond acceptors (Lipinski definition) is 3. The highest BCUT2D eigenvalue weighted by Crippen LogP contribution is 2.48. The zero-order valence-electron chi connectivity index (χ0n) is 12.3. The monoisotopic (exact) mass is 278 g/mol. The van der Waals surface area contributed by atoms with Crippen LogP contribution in [0.25, 0.3) is 0 Å². The van der Waals surface area contributed by atoms with E-state index in [1.165, 1.54) is 0 Å². The molecule has 112 valence electrons. The van der Waals surface area contributed by atoms with Crippen molar-refractivity contribution in [1.82, 2.24) is 0 Å². The van der Waals surface area contributed by atoms with Gasteiger partial charge in [0.1, 0.15) is 0 Å². The first-order chi connectivity index (χ1) is 9.54. The van der Waals surface area contributed by atoms with Crippen molar-refractivity contribution in [3.8, 4) is 0 Å². The van der Waals surface area contributed by atoms with Gasteiger partial charge in [-0.25, -0.2) is 0 Å². The van der Waals surface area contributed by atoms with Crippen LogP contribution < -0.4 is 0 Å². The Morgan fingerprint density at radius 2 is 2.20 bits per heavy atom. The lowest BCUT2D eigenvalue weighted by molar-refractivity contribution is -0.118. The summed E-state index contributed by atoms with van der Waals surface area (Å²) in [6, 6.07) is 0. The van der Waals surface area contributed by atoms with E-state index in [0.717, 1.165) is 25.7 Å². The van der Waals surface area contributed by atoms with Crippen LogP contribution in [0.3, 0.4) is 0 Å². The fourth-order valence-corrected chi connectivity index (χ4v) is 3.60. The summed E-state index contributed by atoms with van der Waals surface area (Å²) in [7, 11) is 0. The van der Waals surface area contributed by atoms with Gasteiger partial charge in [-0.1, -0.05) is 44.9 Å². The number of rotatable bonds is 6. The van der Waals surface area contributed by atoms with Crippen molar-refractivity contribution in [2.75, 3.05) is 0 Å². The Kier molecular flexibility index (Phi) is 5.17. The normalized spacial score (nSPS) is 35.0. The van der Waals surface area contributed by atoms with Crippen LogP contribution in [-0.2, 0) is 4.79 Å². The van der Waals surface area contributed by atoms with E-state index in [9.17, 15) is 15.0 Å². The topological polar surface area (TPSA) is 57.5 Å². The van der Waals surface area contributed by atoms with Crippen LogP contribution in [0.15, 0.2) is 24.3 Å². The van der Waals surface area contributed by atoms with Crippen LogP contribution in [0, 0.1) is 17.8 Å². The zero-order valence-corrected chi connectivity index (χ0v) is 12.3. The number of carbonyl (C=O) groups excluding carboxylic acids is 1. The van der Waals surface area contributed by atoms with E-state index in [0.29, 0.717) is 18.4 Å². The number of aliphatic hydroxyl groups is 2. The summed E-state index contributed by atoms with van der Waals surface area (Å²) in [5.41, 5.74) is 0.703. The molecule has 2 aliphatic rings. The van der Waals surface area contributed by atoms with Gasteiger partial charge in [0.05, 0.1) is 12.2 Å². The molecule has 2 aliphatic carbocycles. The Bertz CT molecular complexity index is 399. The van der Waals surface area contributed by atoms with E-state index in [4.69, 9.17) is 0 Å². The number of allylic oxidation sites excluding steroid dienone is 1. The second-order valence-electron chi connectivity index (χ2n) is 6.27. The third kappa shape index (κ3) is 3.21. The number of hydrogen-bond donors (Lipinski definition) is 2. The van der Waals surface area contributed by atoms with Crippen molar-refractivity contribution in [3.05, 3.63) is 24.3 Å². The minimum Gasteiger partial charge on any atom is -0.392 e.